The molecule has 1 saturated carbocycles. The predicted octanol–water partition coefficient (Wildman–Crippen LogP) is 3.19. The van der Waals surface area contributed by atoms with Gasteiger partial charge in [0, 0.05) is 49.1 Å². The molecule has 0 spiro atoms. The maximum absolute atomic E-state index is 12.7. The highest BCUT2D eigenvalue weighted by atomic mass is 16.5. The number of methoxy groups -OCH3 is 1. The molecule has 0 radical (unpaired) electrons. The lowest BCUT2D eigenvalue weighted by molar-refractivity contribution is -0.143. The van der Waals surface area contributed by atoms with Crippen LogP contribution in [0.15, 0.2) is 30.5 Å². The Hall–Kier alpha value is -2.01. The van der Waals surface area contributed by atoms with Crippen molar-refractivity contribution < 1.29 is 14.6 Å². The number of hydrogen-bond acceptors (Lipinski definition) is 3. The van der Waals surface area contributed by atoms with Crippen molar-refractivity contribution in [1.29, 1.82) is 0 Å². The van der Waals surface area contributed by atoms with Crippen LogP contribution >= 0.6 is 0 Å². The fourth-order valence-corrected chi connectivity index (χ4v) is 4.67. The van der Waals surface area contributed by atoms with E-state index < -0.39 is 5.60 Å². The average molecular weight is 356 g/mol. The number of carbonyl (C=O) groups excluding carboxylic acids is 1. The van der Waals surface area contributed by atoms with Gasteiger partial charge >= 0.3 is 0 Å². The van der Waals surface area contributed by atoms with E-state index in [0.717, 1.165) is 48.9 Å². The molecule has 2 unspecified atom stereocenters. The first-order valence-corrected chi connectivity index (χ1v) is 9.72. The Kier molecular flexibility index (Phi) is 4.65. The van der Waals surface area contributed by atoms with Crippen molar-refractivity contribution in [2.45, 2.75) is 50.7 Å². The molecule has 2 aliphatic rings. The molecule has 1 aliphatic carbocycles. The summed E-state index contributed by atoms with van der Waals surface area (Å²) < 4.78 is 7.40. The molecule has 140 valence electrons. The van der Waals surface area contributed by atoms with Gasteiger partial charge in [-0.15, -0.1) is 0 Å². The predicted molar refractivity (Wildman–Crippen MR) is 101 cm³/mol. The SMILES string of the molecule is COc1ccc2c(ccn2CCC(=O)N2CCC3(O)CCCCC3C2)c1. The van der Waals surface area contributed by atoms with Gasteiger partial charge in [-0.2, -0.15) is 0 Å². The number of ether oxygens (including phenoxy) is 1. The van der Waals surface area contributed by atoms with Crippen molar-refractivity contribution in [3.8, 4) is 5.75 Å². The molecule has 5 nitrogen and oxygen atoms in total. The van der Waals surface area contributed by atoms with Crippen molar-refractivity contribution in [3.05, 3.63) is 30.5 Å². The quantitative estimate of drug-likeness (QED) is 0.915. The highest BCUT2D eigenvalue weighted by molar-refractivity contribution is 5.82. The fraction of sp³-hybridized carbons (Fsp3) is 0.571. The Bertz CT molecular complexity index is 800. The first-order valence-electron chi connectivity index (χ1n) is 9.72. The Labute approximate surface area is 154 Å². The average Bonchev–Trinajstić information content (AvgIpc) is 3.07. The summed E-state index contributed by atoms with van der Waals surface area (Å²) in [5, 5.41) is 11.9. The fourth-order valence-electron chi connectivity index (χ4n) is 4.67. The summed E-state index contributed by atoms with van der Waals surface area (Å²) in [6.45, 7) is 2.09. The van der Waals surface area contributed by atoms with E-state index in [-0.39, 0.29) is 11.8 Å². The van der Waals surface area contributed by atoms with Gasteiger partial charge in [0.25, 0.3) is 0 Å². The van der Waals surface area contributed by atoms with Gasteiger partial charge in [-0.05, 0) is 43.5 Å². The molecule has 1 aliphatic heterocycles. The van der Waals surface area contributed by atoms with Gasteiger partial charge in [-0.1, -0.05) is 12.8 Å². The summed E-state index contributed by atoms with van der Waals surface area (Å²) >= 11 is 0. The lowest BCUT2D eigenvalue weighted by Gasteiger charge is -2.47. The van der Waals surface area contributed by atoms with Gasteiger partial charge in [0.2, 0.25) is 5.91 Å². The monoisotopic (exact) mass is 356 g/mol. The van der Waals surface area contributed by atoms with Gasteiger partial charge in [0.15, 0.2) is 0 Å². The topological polar surface area (TPSA) is 54.7 Å². The van der Waals surface area contributed by atoms with Crippen LogP contribution in [-0.4, -0.2) is 46.3 Å². The molecule has 1 saturated heterocycles. The molecule has 1 aromatic carbocycles. The molecule has 2 aromatic rings. The lowest BCUT2D eigenvalue weighted by Crippen LogP contribution is -2.54. The summed E-state index contributed by atoms with van der Waals surface area (Å²) in [7, 11) is 1.67. The number of aryl methyl sites for hydroxylation is 1. The second-order valence-corrected chi connectivity index (χ2v) is 7.82. The van der Waals surface area contributed by atoms with Crippen LogP contribution in [0.2, 0.25) is 0 Å². The highest BCUT2D eigenvalue weighted by Gasteiger charge is 2.43. The molecule has 26 heavy (non-hydrogen) atoms. The molecule has 4 rings (SSSR count). The Morgan fingerprint density at radius 2 is 2.19 bits per heavy atom. The van der Waals surface area contributed by atoms with Crippen LogP contribution in [0, 0.1) is 5.92 Å². The van der Waals surface area contributed by atoms with Gasteiger partial charge < -0.3 is 19.3 Å². The van der Waals surface area contributed by atoms with Gasteiger partial charge in [0.1, 0.15) is 5.75 Å². The number of aromatic nitrogens is 1. The van der Waals surface area contributed by atoms with Gasteiger partial charge in [-0.25, -0.2) is 0 Å². The third-order valence-corrected chi connectivity index (χ3v) is 6.33. The van der Waals surface area contributed by atoms with Gasteiger partial charge in [0.05, 0.1) is 12.7 Å². The second-order valence-electron chi connectivity index (χ2n) is 7.82. The zero-order valence-electron chi connectivity index (χ0n) is 15.5. The van der Waals surface area contributed by atoms with E-state index in [1.54, 1.807) is 7.11 Å². The molecule has 1 N–H and O–H groups in total. The molecule has 1 aromatic heterocycles. The lowest BCUT2D eigenvalue weighted by atomic mass is 9.71. The zero-order valence-corrected chi connectivity index (χ0v) is 15.5. The number of nitrogens with zero attached hydrogens (tertiary/aromatic N) is 2. The third kappa shape index (κ3) is 3.20. The number of amides is 1. The number of carbonyl (C=O) groups is 1. The first-order chi connectivity index (χ1) is 12.6. The summed E-state index contributed by atoms with van der Waals surface area (Å²) in [6.07, 6.45) is 7.51. The Morgan fingerprint density at radius 1 is 1.31 bits per heavy atom. The van der Waals surface area contributed by atoms with E-state index in [1.807, 2.05) is 29.3 Å². The summed E-state index contributed by atoms with van der Waals surface area (Å²) in [5.74, 6) is 1.31. The van der Waals surface area contributed by atoms with E-state index in [1.165, 1.54) is 6.42 Å². The minimum absolute atomic E-state index is 0.202. The summed E-state index contributed by atoms with van der Waals surface area (Å²) in [5.41, 5.74) is 0.601. The minimum atomic E-state index is -0.523. The molecule has 5 heteroatoms. The van der Waals surface area contributed by atoms with Crippen LogP contribution < -0.4 is 4.74 Å². The van der Waals surface area contributed by atoms with Crippen LogP contribution in [0.5, 0.6) is 5.75 Å². The number of piperidine rings is 1. The van der Waals surface area contributed by atoms with E-state index in [4.69, 9.17) is 4.74 Å². The third-order valence-electron chi connectivity index (χ3n) is 6.33. The molecule has 0 bridgehead atoms. The van der Waals surface area contributed by atoms with Crippen molar-refractivity contribution in [2.24, 2.45) is 5.92 Å². The second kappa shape index (κ2) is 6.95. The molecule has 1 amide bonds. The number of likely N-dealkylation sites (tertiary alicyclic amines) is 1. The number of fused-ring (bicyclic) bond motifs is 2. The van der Waals surface area contributed by atoms with E-state index in [2.05, 4.69) is 10.6 Å². The maximum Gasteiger partial charge on any atom is 0.224 e. The molecule has 2 atom stereocenters. The summed E-state index contributed by atoms with van der Waals surface area (Å²) in [4.78, 5) is 14.7. The van der Waals surface area contributed by atoms with Gasteiger partial charge in [-0.3, -0.25) is 4.79 Å². The number of hydrogen-bond donors (Lipinski definition) is 1. The smallest absolute Gasteiger partial charge is 0.224 e. The van der Waals surface area contributed by atoms with E-state index in [0.29, 0.717) is 19.5 Å². The van der Waals surface area contributed by atoms with Crippen molar-refractivity contribution in [3.63, 3.8) is 0 Å². The van der Waals surface area contributed by atoms with Crippen LogP contribution in [0.4, 0.5) is 0 Å². The highest BCUT2D eigenvalue weighted by Crippen LogP contribution is 2.39. The van der Waals surface area contributed by atoms with E-state index >= 15 is 0 Å². The molecular weight excluding hydrogens is 328 g/mol. The minimum Gasteiger partial charge on any atom is -0.497 e. The first kappa shape index (κ1) is 17.4. The Morgan fingerprint density at radius 3 is 3.04 bits per heavy atom. The zero-order chi connectivity index (χ0) is 18.1. The maximum atomic E-state index is 12.7. The van der Waals surface area contributed by atoms with Crippen LogP contribution in [0.25, 0.3) is 10.9 Å². The van der Waals surface area contributed by atoms with E-state index in [9.17, 15) is 9.90 Å². The normalized spacial score (nSPS) is 25.9. The van der Waals surface area contributed by atoms with Crippen LogP contribution in [0.3, 0.4) is 0 Å². The van der Waals surface area contributed by atoms with Crippen LogP contribution in [-0.2, 0) is 11.3 Å². The van der Waals surface area contributed by atoms with Crippen LogP contribution in [0.1, 0.15) is 38.5 Å². The van der Waals surface area contributed by atoms with Crippen molar-refractivity contribution in [1.82, 2.24) is 9.47 Å². The van der Waals surface area contributed by atoms with Crippen molar-refractivity contribution in [2.75, 3.05) is 20.2 Å². The largest absolute Gasteiger partial charge is 0.497 e. The molecule has 2 fully saturated rings. The molecular formula is C21H28N2O3. The number of aliphatic hydroxyl groups is 1. The molecule has 2 heterocycles. The number of rotatable bonds is 4. The Balaban J connectivity index is 1.38. The standard InChI is InChI=1S/C21H28N2O3/c1-26-18-5-6-19-16(14-18)7-11-22(19)12-8-20(24)23-13-10-21(25)9-3-2-4-17(21)15-23/h5-7,11,14,17,25H,2-4,8-10,12-13,15H2,1H3. The van der Waals surface area contributed by atoms with Crippen molar-refractivity contribution >= 4 is 16.8 Å². The number of benzene rings is 1. The summed E-state index contributed by atoms with van der Waals surface area (Å²) in [6, 6.07) is 8.07.